The number of nitrogens with zero attached hydrogens (tertiary/aromatic N) is 2. The maximum absolute atomic E-state index is 11.6. The van der Waals surface area contributed by atoms with Crippen molar-refractivity contribution in [3.63, 3.8) is 0 Å². The first-order valence-corrected chi connectivity index (χ1v) is 10.6. The lowest BCUT2D eigenvalue weighted by molar-refractivity contribution is -0.145. The number of nitrogen functional groups attached to an aromatic ring is 1. The van der Waals surface area contributed by atoms with E-state index in [1.54, 1.807) is 13.8 Å². The molecule has 3 unspecified atom stereocenters. The van der Waals surface area contributed by atoms with Crippen molar-refractivity contribution < 1.29 is 19.4 Å². The summed E-state index contributed by atoms with van der Waals surface area (Å²) in [4.78, 5) is 33.1. The van der Waals surface area contributed by atoms with Crippen LogP contribution >= 0.6 is 0 Å². The maximum Gasteiger partial charge on any atom is 0.320 e. The summed E-state index contributed by atoms with van der Waals surface area (Å²) in [7, 11) is 0. The van der Waals surface area contributed by atoms with E-state index in [0.717, 1.165) is 29.4 Å². The molecule has 7 N–H and O–H groups in total. The van der Waals surface area contributed by atoms with Crippen molar-refractivity contribution in [3.8, 4) is 0 Å². The summed E-state index contributed by atoms with van der Waals surface area (Å²) >= 11 is 0. The average Bonchev–Trinajstić information content (AvgIpc) is 3.33. The van der Waals surface area contributed by atoms with Gasteiger partial charge in [-0.1, -0.05) is 27.7 Å². The second kappa shape index (κ2) is 11.1. The summed E-state index contributed by atoms with van der Waals surface area (Å²) in [6.45, 7) is 7.99. The van der Waals surface area contributed by atoms with Crippen LogP contribution in [0.4, 0.5) is 5.82 Å². The number of H-pyrrole nitrogens is 1. The standard InChI is InChI=1S/C16H23N5O2.C5H11NO2/c1-9(2)5-13(22)23-7-10-3-4-12(21-10)11-6-18-15-14(11)19-8-20-16(15)17;1-3(2)4(6)5(7)8/h6,8-10,12,18,21H,3-5,7H2,1-2H3,(H2,17,19,20);3-4H,6H2,1-2H3,(H,7,8). The fourth-order valence-electron chi connectivity index (χ4n) is 3.31. The van der Waals surface area contributed by atoms with Gasteiger partial charge >= 0.3 is 11.9 Å². The van der Waals surface area contributed by atoms with Gasteiger partial charge in [0.2, 0.25) is 0 Å². The van der Waals surface area contributed by atoms with Crippen molar-refractivity contribution in [2.45, 2.75) is 65.1 Å². The molecule has 1 aliphatic rings. The lowest BCUT2D eigenvalue weighted by Crippen LogP contribution is -2.34. The van der Waals surface area contributed by atoms with Crippen molar-refractivity contribution in [1.82, 2.24) is 20.3 Å². The molecule has 2 aromatic rings. The molecule has 3 atom stereocenters. The number of aromatic nitrogens is 3. The smallest absolute Gasteiger partial charge is 0.320 e. The molecule has 0 saturated carbocycles. The number of anilines is 1. The second-order valence-electron chi connectivity index (χ2n) is 8.61. The molecule has 1 fully saturated rings. The molecule has 10 nitrogen and oxygen atoms in total. The van der Waals surface area contributed by atoms with E-state index in [-0.39, 0.29) is 24.0 Å². The Morgan fingerprint density at radius 2 is 1.97 bits per heavy atom. The van der Waals surface area contributed by atoms with Gasteiger partial charge in [-0.3, -0.25) is 9.59 Å². The van der Waals surface area contributed by atoms with Gasteiger partial charge in [0.25, 0.3) is 0 Å². The summed E-state index contributed by atoms with van der Waals surface area (Å²) in [6, 6.07) is -0.345. The van der Waals surface area contributed by atoms with Crippen LogP contribution in [0.5, 0.6) is 0 Å². The van der Waals surface area contributed by atoms with Crippen molar-refractivity contribution in [2.24, 2.45) is 17.6 Å². The Bertz CT molecular complexity index is 882. The SMILES string of the molecule is CC(C)C(N)C(=O)O.CC(C)CC(=O)OCC1CCC(c2c[nH]c3c(N)ncnc23)N1. The molecule has 0 bridgehead atoms. The number of hydrogen-bond donors (Lipinski definition) is 5. The van der Waals surface area contributed by atoms with Gasteiger partial charge in [-0.05, 0) is 24.7 Å². The molecule has 10 heteroatoms. The Hall–Kier alpha value is -2.72. The fraction of sp³-hybridized carbons (Fsp3) is 0.619. The quantitative estimate of drug-likeness (QED) is 0.409. The summed E-state index contributed by atoms with van der Waals surface area (Å²) in [5.74, 6) is -0.257. The summed E-state index contributed by atoms with van der Waals surface area (Å²) < 4.78 is 5.35. The van der Waals surface area contributed by atoms with Gasteiger partial charge in [-0.25, -0.2) is 9.97 Å². The van der Waals surface area contributed by atoms with Crippen LogP contribution in [0, 0.1) is 11.8 Å². The van der Waals surface area contributed by atoms with Gasteiger partial charge in [0.05, 0.1) is 5.52 Å². The Kier molecular flexibility index (Phi) is 8.76. The second-order valence-corrected chi connectivity index (χ2v) is 8.61. The summed E-state index contributed by atoms with van der Waals surface area (Å²) in [5.41, 5.74) is 13.7. The number of carboxylic acid groups (broad SMARTS) is 1. The monoisotopic (exact) mass is 434 g/mol. The molecule has 3 rings (SSSR count). The van der Waals surface area contributed by atoms with Crippen LogP contribution in [0.15, 0.2) is 12.5 Å². The van der Waals surface area contributed by atoms with Crippen molar-refractivity contribution >= 4 is 28.8 Å². The van der Waals surface area contributed by atoms with E-state index in [1.807, 2.05) is 20.0 Å². The third-order valence-corrected chi connectivity index (χ3v) is 5.16. The lowest BCUT2D eigenvalue weighted by atomic mass is 10.1. The molecule has 0 amide bonds. The van der Waals surface area contributed by atoms with Crippen LogP contribution in [0.3, 0.4) is 0 Å². The van der Waals surface area contributed by atoms with E-state index in [0.29, 0.717) is 24.8 Å². The molecular weight excluding hydrogens is 400 g/mol. The number of carbonyl (C=O) groups is 2. The van der Waals surface area contributed by atoms with Gasteiger partial charge in [0, 0.05) is 30.3 Å². The number of rotatable bonds is 7. The number of carboxylic acids is 1. The van der Waals surface area contributed by atoms with Crippen LogP contribution in [0.1, 0.15) is 58.6 Å². The van der Waals surface area contributed by atoms with E-state index in [4.69, 9.17) is 21.3 Å². The Balaban J connectivity index is 0.000000366. The number of aromatic amines is 1. The number of carbonyl (C=O) groups excluding carboxylic acids is 1. The minimum Gasteiger partial charge on any atom is -0.480 e. The number of fused-ring (bicyclic) bond motifs is 1. The van der Waals surface area contributed by atoms with E-state index in [2.05, 4.69) is 20.3 Å². The number of hydrogen-bond acceptors (Lipinski definition) is 8. The molecule has 1 saturated heterocycles. The molecule has 1 aliphatic heterocycles. The molecule has 0 aliphatic carbocycles. The lowest BCUT2D eigenvalue weighted by Gasteiger charge is -2.14. The molecule has 3 heterocycles. The van der Waals surface area contributed by atoms with Crippen LogP contribution < -0.4 is 16.8 Å². The minimum absolute atomic E-state index is 0.0208. The summed E-state index contributed by atoms with van der Waals surface area (Å²) in [6.07, 6.45) is 5.82. The highest BCUT2D eigenvalue weighted by molar-refractivity contribution is 5.87. The molecule has 31 heavy (non-hydrogen) atoms. The first-order chi connectivity index (χ1) is 14.6. The maximum atomic E-state index is 11.6. The van der Waals surface area contributed by atoms with E-state index in [1.165, 1.54) is 6.33 Å². The van der Waals surface area contributed by atoms with E-state index < -0.39 is 12.0 Å². The Labute approximate surface area is 182 Å². The predicted molar refractivity (Wildman–Crippen MR) is 118 cm³/mol. The predicted octanol–water partition coefficient (Wildman–Crippen LogP) is 1.98. The number of nitrogens with two attached hydrogens (primary N) is 2. The van der Waals surface area contributed by atoms with Crippen LogP contribution in [0.25, 0.3) is 11.0 Å². The zero-order chi connectivity index (χ0) is 23.1. The minimum atomic E-state index is -0.931. The molecule has 0 spiro atoms. The van der Waals surface area contributed by atoms with Crippen LogP contribution in [-0.2, 0) is 14.3 Å². The number of nitrogens with one attached hydrogen (secondary N) is 2. The van der Waals surface area contributed by atoms with Crippen molar-refractivity contribution in [1.29, 1.82) is 0 Å². The topological polar surface area (TPSA) is 169 Å². The van der Waals surface area contributed by atoms with Crippen LogP contribution in [-0.4, -0.2) is 50.7 Å². The van der Waals surface area contributed by atoms with E-state index >= 15 is 0 Å². The first-order valence-electron chi connectivity index (χ1n) is 10.6. The van der Waals surface area contributed by atoms with Gasteiger partial charge in [-0.15, -0.1) is 0 Å². The zero-order valence-corrected chi connectivity index (χ0v) is 18.6. The Morgan fingerprint density at radius 3 is 2.55 bits per heavy atom. The molecule has 172 valence electrons. The largest absolute Gasteiger partial charge is 0.480 e. The average molecular weight is 435 g/mol. The van der Waals surface area contributed by atoms with Crippen molar-refractivity contribution in [2.75, 3.05) is 12.3 Å². The van der Waals surface area contributed by atoms with Gasteiger partial charge in [0.1, 0.15) is 24.5 Å². The highest BCUT2D eigenvalue weighted by atomic mass is 16.5. The van der Waals surface area contributed by atoms with Gasteiger partial charge in [0.15, 0.2) is 5.82 Å². The molecule has 0 aromatic carbocycles. The third-order valence-electron chi connectivity index (χ3n) is 5.16. The summed E-state index contributed by atoms with van der Waals surface area (Å²) in [5, 5.41) is 11.7. The zero-order valence-electron chi connectivity index (χ0n) is 18.6. The third kappa shape index (κ3) is 6.90. The molecular formula is C21H34N6O4. The highest BCUT2D eigenvalue weighted by Gasteiger charge is 2.28. The molecule has 2 aromatic heterocycles. The number of esters is 1. The molecule has 0 radical (unpaired) electrons. The van der Waals surface area contributed by atoms with E-state index in [9.17, 15) is 9.59 Å². The first kappa shape index (κ1) is 24.5. The van der Waals surface area contributed by atoms with Crippen LogP contribution in [0.2, 0.25) is 0 Å². The fourth-order valence-corrected chi connectivity index (χ4v) is 3.31. The normalized spacial score (nSPS) is 19.3. The van der Waals surface area contributed by atoms with Gasteiger partial charge < -0.3 is 31.6 Å². The highest BCUT2D eigenvalue weighted by Crippen LogP contribution is 2.31. The van der Waals surface area contributed by atoms with Crippen molar-refractivity contribution in [3.05, 3.63) is 18.1 Å². The number of aliphatic carboxylic acids is 1. The number of ether oxygens (including phenoxy) is 1. The van der Waals surface area contributed by atoms with Gasteiger partial charge in [-0.2, -0.15) is 0 Å². The Morgan fingerprint density at radius 1 is 1.26 bits per heavy atom.